The summed E-state index contributed by atoms with van der Waals surface area (Å²) in [6.07, 6.45) is 0. The van der Waals surface area contributed by atoms with Gasteiger partial charge in [-0.05, 0) is 254 Å². The fourth-order valence-electron chi connectivity index (χ4n) is 14.5. The molecule has 111 heavy (non-hydrogen) atoms. The molecule has 0 radical (unpaired) electrons. The second kappa shape index (κ2) is 32.4. The van der Waals surface area contributed by atoms with Gasteiger partial charge in [0.05, 0.1) is 29.0 Å². The Kier molecular flexibility index (Phi) is 20.5. The van der Waals surface area contributed by atoms with Gasteiger partial charge in [0.1, 0.15) is 0 Å². The lowest BCUT2D eigenvalue weighted by atomic mass is 10.0. The van der Waals surface area contributed by atoms with E-state index in [1.165, 1.54) is 65.0 Å². The molecule has 0 N–H and O–H groups in total. The van der Waals surface area contributed by atoms with Crippen LogP contribution in [0.15, 0.2) is 419 Å². The lowest BCUT2D eigenvalue weighted by Gasteiger charge is -2.28. The Bertz CT molecular complexity index is 6190. The summed E-state index contributed by atoms with van der Waals surface area (Å²) in [5.41, 5.74) is 20.2. The first kappa shape index (κ1) is 70.4. The van der Waals surface area contributed by atoms with Crippen LogP contribution in [0, 0.1) is 22.7 Å². The van der Waals surface area contributed by atoms with Gasteiger partial charge in [0.25, 0.3) is 0 Å². The van der Waals surface area contributed by atoms with E-state index in [1.54, 1.807) is 0 Å². The van der Waals surface area contributed by atoms with Crippen molar-refractivity contribution in [2.24, 2.45) is 0 Å². The number of fused-ring (bicyclic) bond motifs is 5. The van der Waals surface area contributed by atoms with Gasteiger partial charge < -0.3 is 29.4 Å². The summed E-state index contributed by atoms with van der Waals surface area (Å²) in [6.45, 7) is 0. The van der Waals surface area contributed by atoms with Crippen molar-refractivity contribution in [3.05, 3.63) is 430 Å². The van der Waals surface area contributed by atoms with Gasteiger partial charge in [0.15, 0.2) is 0 Å². The van der Waals surface area contributed by atoms with Gasteiger partial charge in [-0.25, -0.2) is 0 Å². The molecule has 0 bridgehead atoms. The predicted octanol–water partition coefficient (Wildman–Crippen LogP) is 27.9. The second-order valence-corrected chi connectivity index (χ2v) is 27.4. The van der Waals surface area contributed by atoms with Gasteiger partial charge in [0.2, 0.25) is 0 Å². The Morgan fingerprint density at radius 1 is 0.180 bits per heavy atom. The molecule has 0 saturated carbocycles. The third kappa shape index (κ3) is 15.5. The monoisotopic (exact) mass is 1430 g/mol. The number of rotatable bonds is 16. The van der Waals surface area contributed by atoms with Crippen LogP contribution in [0.3, 0.4) is 0 Å². The number of nitriles is 2. The lowest BCUT2D eigenvalue weighted by molar-refractivity contribution is 1.20. The Balaban J connectivity index is 0.000000126. The van der Waals surface area contributed by atoms with Crippen molar-refractivity contribution in [3.8, 4) is 23.3 Å². The van der Waals surface area contributed by atoms with Crippen LogP contribution in [0.1, 0.15) is 11.1 Å². The summed E-state index contributed by atoms with van der Waals surface area (Å²) in [6, 6.07) is 151. The van der Waals surface area contributed by atoms with Gasteiger partial charge in [-0.3, -0.25) is 0 Å². The topological polar surface area (TPSA) is 67.0 Å². The second-order valence-electron chi connectivity index (χ2n) is 27.4. The maximum absolute atomic E-state index is 9.29. The highest BCUT2D eigenvalue weighted by Gasteiger charge is 2.20. The minimum atomic E-state index is 0.653. The maximum atomic E-state index is 9.29. The van der Waals surface area contributed by atoms with Gasteiger partial charge >= 0.3 is 0 Å². The Labute approximate surface area is 649 Å². The SMILES string of the molecule is CN(c1ccc(C#N)cc1)c1ccc(N(c2ccc3ccccc3c2)c2ccc3ccccc3c2)cc1.CN(c1ccc(N(c2ccc3ccccc3c2)c2ccc3ccccc3c2)cc1)c1cccc(C#N)c1.CN(c1ccccc1)c1ccc(N(c2ccc(-c3ccccc3)cc2)c2cccc3ccccc23)cc1. The minimum absolute atomic E-state index is 0.653. The summed E-state index contributed by atoms with van der Waals surface area (Å²) >= 11 is 0. The highest BCUT2D eigenvalue weighted by Crippen LogP contribution is 2.44. The molecule has 18 aromatic rings. The molecule has 8 nitrogen and oxygen atoms in total. The molecule has 530 valence electrons. The zero-order valence-electron chi connectivity index (χ0n) is 61.9. The van der Waals surface area contributed by atoms with E-state index in [2.05, 4.69) is 413 Å². The van der Waals surface area contributed by atoms with E-state index in [-0.39, 0.29) is 0 Å². The van der Waals surface area contributed by atoms with E-state index < -0.39 is 0 Å². The van der Waals surface area contributed by atoms with Gasteiger partial charge in [-0.1, -0.05) is 224 Å². The largest absolute Gasteiger partial charge is 0.345 e. The summed E-state index contributed by atoms with van der Waals surface area (Å²) in [7, 11) is 6.17. The summed E-state index contributed by atoms with van der Waals surface area (Å²) in [4.78, 5) is 13.4. The highest BCUT2D eigenvalue weighted by molar-refractivity contribution is 6.00. The van der Waals surface area contributed by atoms with E-state index in [0.29, 0.717) is 11.1 Å². The molecular weight excluding hydrogens is 1350 g/mol. The van der Waals surface area contributed by atoms with Gasteiger partial charge in [0, 0.05) is 106 Å². The van der Waals surface area contributed by atoms with Crippen molar-refractivity contribution in [2.75, 3.05) is 50.5 Å². The van der Waals surface area contributed by atoms with Crippen molar-refractivity contribution in [1.29, 1.82) is 10.5 Å². The van der Waals surface area contributed by atoms with Crippen molar-refractivity contribution in [1.82, 2.24) is 0 Å². The van der Waals surface area contributed by atoms with Crippen LogP contribution in [-0.2, 0) is 0 Å². The van der Waals surface area contributed by atoms with E-state index >= 15 is 0 Å². The maximum Gasteiger partial charge on any atom is 0.0992 e. The summed E-state index contributed by atoms with van der Waals surface area (Å²) < 4.78 is 0. The molecule has 8 heteroatoms. The first-order valence-electron chi connectivity index (χ1n) is 37.2. The molecule has 0 atom stereocenters. The average Bonchev–Trinajstić information content (AvgIpc) is 0.783. The molecule has 0 amide bonds. The van der Waals surface area contributed by atoms with Crippen LogP contribution >= 0.6 is 0 Å². The Hall–Kier alpha value is -15.0. The number of anilines is 15. The average molecular weight is 1430 g/mol. The number of hydrogen-bond acceptors (Lipinski definition) is 8. The quantitative estimate of drug-likeness (QED) is 0.0948. The fraction of sp³-hybridized carbons (Fsp3) is 0.0291. The van der Waals surface area contributed by atoms with Crippen molar-refractivity contribution >= 4 is 139 Å². The Morgan fingerprint density at radius 2 is 0.459 bits per heavy atom. The summed E-state index contributed by atoms with van der Waals surface area (Å²) in [5, 5.41) is 30.6. The lowest BCUT2D eigenvalue weighted by Crippen LogP contribution is -2.12. The van der Waals surface area contributed by atoms with E-state index in [4.69, 9.17) is 5.26 Å². The molecular formula is C103H78N8. The predicted molar refractivity (Wildman–Crippen MR) is 469 cm³/mol. The third-order valence-electron chi connectivity index (χ3n) is 20.6. The number of nitrogens with zero attached hydrogens (tertiary/aromatic N) is 8. The molecule has 0 aromatic heterocycles. The number of para-hydroxylation sites is 1. The third-order valence-corrected chi connectivity index (χ3v) is 20.6. The highest BCUT2D eigenvalue weighted by atomic mass is 15.2. The van der Waals surface area contributed by atoms with E-state index in [1.807, 2.05) is 68.7 Å². The van der Waals surface area contributed by atoms with Crippen LogP contribution in [0.5, 0.6) is 0 Å². The van der Waals surface area contributed by atoms with Gasteiger partial charge in [-0.2, -0.15) is 10.5 Å². The normalized spacial score (nSPS) is 10.8. The smallest absolute Gasteiger partial charge is 0.0992 e. The molecule has 18 rings (SSSR count). The molecule has 0 saturated heterocycles. The zero-order valence-corrected chi connectivity index (χ0v) is 61.9. The first-order chi connectivity index (χ1) is 54.7. The molecule has 0 aliphatic carbocycles. The molecule has 0 unspecified atom stereocenters. The van der Waals surface area contributed by atoms with Crippen LogP contribution in [0.25, 0.3) is 65.0 Å². The molecule has 0 aliphatic heterocycles. The Morgan fingerprint density at radius 3 is 0.874 bits per heavy atom. The van der Waals surface area contributed by atoms with E-state index in [9.17, 15) is 5.26 Å². The van der Waals surface area contributed by atoms with Crippen LogP contribution in [0.4, 0.5) is 85.3 Å². The van der Waals surface area contributed by atoms with Crippen molar-refractivity contribution in [3.63, 3.8) is 0 Å². The van der Waals surface area contributed by atoms with Crippen LogP contribution in [-0.4, -0.2) is 21.1 Å². The molecule has 0 aliphatic rings. The first-order valence-corrected chi connectivity index (χ1v) is 37.2. The number of benzene rings is 18. The fourth-order valence-corrected chi connectivity index (χ4v) is 14.5. The standard InChI is InChI=1S/C35H28N2.2C34H25N3/c1-36(30-15-6-3-7-16-30)31-23-25-33(26-24-31)37(35-18-10-14-29-13-8-9-17-34(29)35)32-21-19-28(20-22-32)27-11-4-2-5-12-27;1-36(32-12-6-7-25(21-32)24-35)30-17-19-31(20-18-30)37(33-15-13-26-8-2-4-10-28(26)22-33)34-16-14-27-9-3-5-11-29(27)23-34;1-36(30-14-10-25(24-35)11-15-30)31-18-20-32(21-19-31)37(33-16-12-26-6-2-4-8-28(26)22-33)34-17-13-27-7-3-5-9-29(27)23-34/h2-26H,1H3;2*2-23H,1H3. The van der Waals surface area contributed by atoms with Crippen molar-refractivity contribution in [2.45, 2.75) is 0 Å². The molecule has 18 aromatic carbocycles. The molecule has 0 fully saturated rings. The van der Waals surface area contributed by atoms with Crippen LogP contribution < -0.4 is 29.4 Å². The number of hydrogen-bond donors (Lipinski definition) is 0. The van der Waals surface area contributed by atoms with Crippen molar-refractivity contribution < 1.29 is 0 Å². The van der Waals surface area contributed by atoms with Gasteiger partial charge in [-0.15, -0.1) is 0 Å². The van der Waals surface area contributed by atoms with E-state index in [0.717, 1.165) is 85.3 Å². The minimum Gasteiger partial charge on any atom is -0.345 e. The molecule has 0 heterocycles. The zero-order chi connectivity index (χ0) is 75.4. The summed E-state index contributed by atoms with van der Waals surface area (Å²) in [5.74, 6) is 0. The molecule has 0 spiro atoms. The van der Waals surface area contributed by atoms with Crippen LogP contribution in [0.2, 0.25) is 0 Å².